The third-order valence-corrected chi connectivity index (χ3v) is 2.70. The van der Waals surface area contributed by atoms with Crippen LogP contribution >= 0.6 is 0 Å². The maximum Gasteiger partial charge on any atom is -0.00490 e. The molecule has 0 bridgehead atoms. The van der Waals surface area contributed by atoms with Gasteiger partial charge in [0, 0.05) is 0 Å². The van der Waals surface area contributed by atoms with Gasteiger partial charge in [0.05, 0.1) is 0 Å². The van der Waals surface area contributed by atoms with E-state index in [-0.39, 0.29) is 0 Å². The summed E-state index contributed by atoms with van der Waals surface area (Å²) < 4.78 is 0. The molecule has 0 aliphatic heterocycles. The lowest BCUT2D eigenvalue weighted by molar-refractivity contribution is 0.572. The first-order valence-electron chi connectivity index (χ1n) is 5.05. The van der Waals surface area contributed by atoms with Gasteiger partial charge >= 0.3 is 0 Å². The van der Waals surface area contributed by atoms with Gasteiger partial charge in [-0.2, -0.15) is 0 Å². The SMILES string of the molecule is CCNCCCCC1CC1C. The van der Waals surface area contributed by atoms with E-state index in [1.807, 2.05) is 0 Å². The van der Waals surface area contributed by atoms with E-state index in [9.17, 15) is 0 Å². The minimum atomic E-state index is 1.05. The summed E-state index contributed by atoms with van der Waals surface area (Å²) in [4.78, 5) is 0. The van der Waals surface area contributed by atoms with Gasteiger partial charge in [0.15, 0.2) is 0 Å². The van der Waals surface area contributed by atoms with E-state index in [1.165, 1.54) is 32.2 Å². The molecule has 1 N–H and O–H groups in total. The van der Waals surface area contributed by atoms with E-state index in [2.05, 4.69) is 19.2 Å². The molecule has 0 heterocycles. The van der Waals surface area contributed by atoms with Crippen molar-refractivity contribution in [1.29, 1.82) is 0 Å². The molecule has 1 fully saturated rings. The Morgan fingerprint density at radius 3 is 2.64 bits per heavy atom. The standard InChI is InChI=1S/C10H21N/c1-3-11-7-5-4-6-10-8-9(10)2/h9-11H,3-8H2,1-2H3. The molecule has 0 radical (unpaired) electrons. The van der Waals surface area contributed by atoms with Crippen molar-refractivity contribution in [1.82, 2.24) is 5.32 Å². The van der Waals surface area contributed by atoms with Crippen LogP contribution in [0.4, 0.5) is 0 Å². The van der Waals surface area contributed by atoms with Crippen molar-refractivity contribution in [2.75, 3.05) is 13.1 Å². The Kier molecular flexibility index (Phi) is 3.92. The topological polar surface area (TPSA) is 12.0 Å². The average molecular weight is 155 g/mol. The molecule has 66 valence electrons. The Morgan fingerprint density at radius 1 is 1.36 bits per heavy atom. The summed E-state index contributed by atoms with van der Waals surface area (Å²) >= 11 is 0. The molecule has 2 unspecified atom stereocenters. The molecule has 0 aromatic rings. The second-order valence-corrected chi connectivity index (χ2v) is 3.82. The second kappa shape index (κ2) is 4.76. The molecule has 1 aliphatic rings. The fourth-order valence-electron chi connectivity index (χ4n) is 1.63. The van der Waals surface area contributed by atoms with Crippen molar-refractivity contribution < 1.29 is 0 Å². The summed E-state index contributed by atoms with van der Waals surface area (Å²) in [5, 5.41) is 3.35. The van der Waals surface area contributed by atoms with E-state index in [4.69, 9.17) is 0 Å². The minimum Gasteiger partial charge on any atom is -0.317 e. The molecule has 0 amide bonds. The molecule has 1 nitrogen and oxygen atoms in total. The van der Waals surface area contributed by atoms with Crippen molar-refractivity contribution in [3.63, 3.8) is 0 Å². The lowest BCUT2D eigenvalue weighted by Crippen LogP contribution is -2.13. The predicted molar refractivity (Wildman–Crippen MR) is 49.7 cm³/mol. The van der Waals surface area contributed by atoms with Crippen LogP contribution in [-0.4, -0.2) is 13.1 Å². The fourth-order valence-corrected chi connectivity index (χ4v) is 1.63. The third kappa shape index (κ3) is 3.76. The van der Waals surface area contributed by atoms with Gasteiger partial charge in [-0.25, -0.2) is 0 Å². The van der Waals surface area contributed by atoms with E-state index in [1.54, 1.807) is 0 Å². The first kappa shape index (κ1) is 9.05. The van der Waals surface area contributed by atoms with Crippen LogP contribution < -0.4 is 5.32 Å². The summed E-state index contributed by atoms with van der Waals surface area (Å²) in [5.74, 6) is 2.14. The molecule has 1 aliphatic carbocycles. The predicted octanol–water partition coefficient (Wildman–Crippen LogP) is 2.42. The average Bonchev–Trinajstić information content (AvgIpc) is 2.67. The molecule has 0 saturated heterocycles. The van der Waals surface area contributed by atoms with Crippen molar-refractivity contribution >= 4 is 0 Å². The second-order valence-electron chi connectivity index (χ2n) is 3.82. The lowest BCUT2D eigenvalue weighted by atomic mass is 10.1. The quantitative estimate of drug-likeness (QED) is 0.581. The molecule has 0 spiro atoms. The summed E-state index contributed by atoms with van der Waals surface area (Å²) in [5.41, 5.74) is 0. The normalized spacial score (nSPS) is 28.9. The number of nitrogens with one attached hydrogen (secondary N) is 1. The van der Waals surface area contributed by atoms with Crippen molar-refractivity contribution in [2.45, 2.75) is 39.5 Å². The highest BCUT2D eigenvalue weighted by atomic mass is 14.8. The monoisotopic (exact) mass is 155 g/mol. The van der Waals surface area contributed by atoms with E-state index < -0.39 is 0 Å². The molecule has 2 atom stereocenters. The first-order valence-corrected chi connectivity index (χ1v) is 5.05. The minimum absolute atomic E-state index is 1.05. The van der Waals surface area contributed by atoms with Gasteiger partial charge in [-0.15, -0.1) is 0 Å². The summed E-state index contributed by atoms with van der Waals surface area (Å²) in [6, 6.07) is 0. The van der Waals surface area contributed by atoms with Crippen molar-refractivity contribution in [3.05, 3.63) is 0 Å². The molecule has 0 aromatic carbocycles. The lowest BCUT2D eigenvalue weighted by Gasteiger charge is -2.00. The van der Waals surface area contributed by atoms with Gasteiger partial charge in [-0.3, -0.25) is 0 Å². The molecular formula is C10H21N. The Bertz CT molecular complexity index is 101. The maximum absolute atomic E-state index is 3.35. The zero-order valence-corrected chi connectivity index (χ0v) is 7.90. The summed E-state index contributed by atoms with van der Waals surface area (Å²) in [6.45, 7) is 6.88. The van der Waals surface area contributed by atoms with Crippen LogP contribution in [0.2, 0.25) is 0 Å². The van der Waals surface area contributed by atoms with E-state index in [0.717, 1.165) is 18.4 Å². The Morgan fingerprint density at radius 2 is 2.09 bits per heavy atom. The van der Waals surface area contributed by atoms with Gasteiger partial charge in [0.1, 0.15) is 0 Å². The van der Waals surface area contributed by atoms with Crippen LogP contribution in [0.1, 0.15) is 39.5 Å². The van der Waals surface area contributed by atoms with Crippen LogP contribution in [0.5, 0.6) is 0 Å². The van der Waals surface area contributed by atoms with Crippen molar-refractivity contribution in [3.8, 4) is 0 Å². The van der Waals surface area contributed by atoms with Gasteiger partial charge < -0.3 is 5.32 Å². The Hall–Kier alpha value is -0.0400. The highest BCUT2D eigenvalue weighted by Crippen LogP contribution is 2.41. The van der Waals surface area contributed by atoms with Crippen LogP contribution in [0, 0.1) is 11.8 Å². The van der Waals surface area contributed by atoms with Gasteiger partial charge in [-0.05, 0) is 37.8 Å². The number of hydrogen-bond acceptors (Lipinski definition) is 1. The maximum atomic E-state index is 3.35. The van der Waals surface area contributed by atoms with Crippen LogP contribution in [0.25, 0.3) is 0 Å². The summed E-state index contributed by atoms with van der Waals surface area (Å²) in [6.07, 6.45) is 5.78. The highest BCUT2D eigenvalue weighted by Gasteiger charge is 2.31. The number of unbranched alkanes of at least 4 members (excludes halogenated alkanes) is 1. The zero-order chi connectivity index (χ0) is 8.10. The highest BCUT2D eigenvalue weighted by molar-refractivity contribution is 4.81. The molecule has 11 heavy (non-hydrogen) atoms. The van der Waals surface area contributed by atoms with Gasteiger partial charge in [0.2, 0.25) is 0 Å². The number of rotatable bonds is 6. The van der Waals surface area contributed by atoms with Gasteiger partial charge in [-0.1, -0.05) is 26.7 Å². The van der Waals surface area contributed by atoms with E-state index >= 15 is 0 Å². The molecule has 1 heteroatoms. The largest absolute Gasteiger partial charge is 0.317 e. The summed E-state index contributed by atoms with van der Waals surface area (Å²) in [7, 11) is 0. The molecular weight excluding hydrogens is 134 g/mol. The van der Waals surface area contributed by atoms with Crippen LogP contribution in [0.3, 0.4) is 0 Å². The van der Waals surface area contributed by atoms with E-state index in [0.29, 0.717) is 0 Å². The third-order valence-electron chi connectivity index (χ3n) is 2.70. The molecule has 1 rings (SSSR count). The van der Waals surface area contributed by atoms with Crippen LogP contribution in [0.15, 0.2) is 0 Å². The van der Waals surface area contributed by atoms with Crippen molar-refractivity contribution in [2.24, 2.45) is 11.8 Å². The fraction of sp³-hybridized carbons (Fsp3) is 1.00. The molecule has 0 aromatic heterocycles. The first-order chi connectivity index (χ1) is 5.34. The smallest absolute Gasteiger partial charge is 0.00490 e. The number of hydrogen-bond donors (Lipinski definition) is 1. The van der Waals surface area contributed by atoms with Gasteiger partial charge in [0.25, 0.3) is 0 Å². The Labute approximate surface area is 70.6 Å². The van der Waals surface area contributed by atoms with Crippen LogP contribution in [-0.2, 0) is 0 Å². The zero-order valence-electron chi connectivity index (χ0n) is 7.90. The molecule has 1 saturated carbocycles. The Balaban J connectivity index is 1.74.